The zero-order valence-corrected chi connectivity index (χ0v) is 8.38. The molecule has 0 aliphatic carbocycles. The molecule has 0 aliphatic rings. The Balaban J connectivity index is 3.62. The van der Waals surface area contributed by atoms with Crippen LogP contribution in [0.25, 0.3) is 10.9 Å². The second-order valence-corrected chi connectivity index (χ2v) is 2.72. The first kappa shape index (κ1) is 6.81. The minimum Gasteiger partial charge on any atom is -0.326 e. The summed E-state index contributed by atoms with van der Waals surface area (Å²) in [6.45, 7) is 7.94. The molecule has 1 aromatic carbocycles. The zero-order valence-electron chi connectivity index (χ0n) is 12.4. The van der Waals surface area contributed by atoms with E-state index in [0.29, 0.717) is 0 Å². The molecule has 0 heterocycles. The molecular formula is C12H9N3O. The highest BCUT2D eigenvalue weighted by Gasteiger charge is 1.96. The molecule has 0 aliphatic heterocycles. The van der Waals surface area contributed by atoms with Gasteiger partial charge in [0.1, 0.15) is 0 Å². The van der Waals surface area contributed by atoms with Gasteiger partial charge in [-0.1, -0.05) is 12.1 Å². The van der Waals surface area contributed by atoms with Crippen molar-refractivity contribution in [3.05, 3.63) is 46.8 Å². The third-order valence-corrected chi connectivity index (χ3v) is 1.46. The first-order valence-corrected chi connectivity index (χ1v) is 4.20. The van der Waals surface area contributed by atoms with Gasteiger partial charge in [0, 0.05) is 12.6 Å². The monoisotopic (exact) mass is 215 g/mol. The van der Waals surface area contributed by atoms with E-state index in [1.807, 2.05) is 0 Å². The van der Waals surface area contributed by atoms with Crippen LogP contribution in [0.1, 0.15) is 18.0 Å². The molecule has 0 saturated heterocycles. The van der Waals surface area contributed by atoms with Crippen LogP contribution in [-0.2, 0) is 4.79 Å². The summed E-state index contributed by atoms with van der Waals surface area (Å²) >= 11 is 0. The van der Waals surface area contributed by atoms with Gasteiger partial charge in [-0.05, 0) is 23.7 Å². The maximum absolute atomic E-state index is 11.0. The quantitative estimate of drug-likeness (QED) is 0.608. The van der Waals surface area contributed by atoms with Gasteiger partial charge in [-0.2, -0.15) is 0 Å². The average molecular weight is 215 g/mol. The third-order valence-electron chi connectivity index (χ3n) is 1.46. The number of anilines is 1. The van der Waals surface area contributed by atoms with Crippen molar-refractivity contribution in [2.75, 3.05) is 5.32 Å². The molecule has 78 valence electrons. The first-order chi connectivity index (χ1) is 9.33. The van der Waals surface area contributed by atoms with Gasteiger partial charge >= 0.3 is 0 Å². The van der Waals surface area contributed by atoms with Crippen molar-refractivity contribution in [3.8, 4) is 6.07 Å². The SMILES string of the molecule is [2H]c1c([2H])c(NC(C)=O)c([2H])c([2H])c1/C=C(/C#N)[N+]#[C-]. The minimum atomic E-state index is -0.520. The van der Waals surface area contributed by atoms with E-state index in [4.69, 9.17) is 17.3 Å². The van der Waals surface area contributed by atoms with Crippen LogP contribution in [0.2, 0.25) is 0 Å². The van der Waals surface area contributed by atoms with Crippen molar-refractivity contribution in [2.45, 2.75) is 6.92 Å². The number of carbonyl (C=O) groups is 1. The third kappa shape index (κ3) is 3.28. The molecule has 0 radical (unpaired) electrons. The van der Waals surface area contributed by atoms with E-state index in [-0.39, 0.29) is 16.9 Å². The van der Waals surface area contributed by atoms with Crippen molar-refractivity contribution < 1.29 is 10.3 Å². The lowest BCUT2D eigenvalue weighted by atomic mass is 10.2. The van der Waals surface area contributed by atoms with Crippen LogP contribution >= 0.6 is 0 Å². The number of nitrogens with one attached hydrogen (secondary N) is 1. The summed E-state index contributed by atoms with van der Waals surface area (Å²) in [5, 5.41) is 10.9. The second-order valence-electron chi connectivity index (χ2n) is 2.72. The molecule has 0 atom stereocenters. The van der Waals surface area contributed by atoms with Crippen molar-refractivity contribution in [1.82, 2.24) is 0 Å². The zero-order chi connectivity index (χ0) is 15.4. The van der Waals surface area contributed by atoms with Gasteiger partial charge in [0.2, 0.25) is 5.91 Å². The minimum absolute atomic E-state index is 0.165. The van der Waals surface area contributed by atoms with E-state index >= 15 is 0 Å². The molecule has 1 amide bonds. The van der Waals surface area contributed by atoms with E-state index in [9.17, 15) is 4.79 Å². The maximum atomic E-state index is 11.0. The van der Waals surface area contributed by atoms with E-state index in [2.05, 4.69) is 10.2 Å². The van der Waals surface area contributed by atoms with Crippen molar-refractivity contribution in [3.63, 3.8) is 0 Å². The number of rotatable bonds is 2. The number of allylic oxidation sites excluding steroid dienone is 1. The van der Waals surface area contributed by atoms with Crippen LogP contribution in [0.4, 0.5) is 5.69 Å². The van der Waals surface area contributed by atoms with Gasteiger partial charge in [0.15, 0.2) is 0 Å². The summed E-state index contributed by atoms with van der Waals surface area (Å²) in [6, 6.07) is -0.132. The average Bonchev–Trinajstić information content (AvgIpc) is 2.41. The molecule has 0 spiro atoms. The topological polar surface area (TPSA) is 57.2 Å². The molecular weight excluding hydrogens is 202 g/mol. The molecule has 0 unspecified atom stereocenters. The van der Waals surface area contributed by atoms with Crippen LogP contribution in [0.15, 0.2) is 29.9 Å². The first-order valence-electron chi connectivity index (χ1n) is 6.20. The number of benzene rings is 1. The van der Waals surface area contributed by atoms with E-state index in [1.54, 1.807) is 6.07 Å². The number of amides is 1. The van der Waals surface area contributed by atoms with E-state index < -0.39 is 30.1 Å². The fraction of sp³-hybridized carbons (Fsp3) is 0.0833. The molecule has 16 heavy (non-hydrogen) atoms. The van der Waals surface area contributed by atoms with Crippen molar-refractivity contribution >= 4 is 17.7 Å². The van der Waals surface area contributed by atoms with Crippen LogP contribution in [0.3, 0.4) is 0 Å². The molecule has 0 saturated carbocycles. The molecule has 4 heteroatoms. The summed E-state index contributed by atoms with van der Waals surface area (Å²) in [5.74, 6) is -0.520. The summed E-state index contributed by atoms with van der Waals surface area (Å²) in [6.07, 6.45) is 0.991. The fourth-order valence-corrected chi connectivity index (χ4v) is 0.859. The van der Waals surface area contributed by atoms with Gasteiger partial charge < -0.3 is 5.32 Å². The Morgan fingerprint density at radius 2 is 2.25 bits per heavy atom. The highest BCUT2D eigenvalue weighted by atomic mass is 16.1. The normalized spacial score (nSPS) is 13.6. The van der Waals surface area contributed by atoms with Gasteiger partial charge in [0.25, 0.3) is 5.70 Å². The lowest BCUT2D eigenvalue weighted by molar-refractivity contribution is -0.114. The highest BCUT2D eigenvalue weighted by molar-refractivity contribution is 5.88. The lowest BCUT2D eigenvalue weighted by Crippen LogP contribution is -2.05. The Morgan fingerprint density at radius 3 is 2.69 bits per heavy atom. The molecule has 4 nitrogen and oxygen atoms in total. The highest BCUT2D eigenvalue weighted by Crippen LogP contribution is 2.12. The van der Waals surface area contributed by atoms with Crippen LogP contribution in [0, 0.1) is 17.9 Å². The fourth-order valence-electron chi connectivity index (χ4n) is 0.859. The van der Waals surface area contributed by atoms with Crippen molar-refractivity contribution in [2.24, 2.45) is 0 Å². The largest absolute Gasteiger partial charge is 0.326 e. The van der Waals surface area contributed by atoms with Gasteiger partial charge in [0.05, 0.1) is 18.1 Å². The van der Waals surface area contributed by atoms with E-state index in [0.717, 1.165) is 6.08 Å². The lowest BCUT2D eigenvalue weighted by Gasteiger charge is -2.01. The molecule has 0 fully saturated rings. The Morgan fingerprint density at radius 1 is 1.62 bits per heavy atom. The Hall–Kier alpha value is -2.59. The molecule has 0 bridgehead atoms. The Kier molecular flexibility index (Phi) is 2.27. The van der Waals surface area contributed by atoms with Crippen LogP contribution in [-0.4, -0.2) is 5.91 Å². The predicted molar refractivity (Wildman–Crippen MR) is 60.9 cm³/mol. The molecule has 0 aromatic heterocycles. The Bertz CT molecular complexity index is 653. The predicted octanol–water partition coefficient (Wildman–Crippen LogP) is 2.43. The smallest absolute Gasteiger partial charge is 0.262 e. The van der Waals surface area contributed by atoms with Crippen LogP contribution < -0.4 is 5.32 Å². The van der Waals surface area contributed by atoms with Crippen molar-refractivity contribution in [1.29, 1.82) is 5.26 Å². The second kappa shape index (κ2) is 5.33. The van der Waals surface area contributed by atoms with Gasteiger partial charge in [-0.25, -0.2) is 10.1 Å². The number of nitriles is 1. The Labute approximate surface area is 99.3 Å². The number of carbonyl (C=O) groups excluding carboxylic acids is 1. The molecule has 1 rings (SSSR count). The molecule has 1 N–H and O–H groups in total. The van der Waals surface area contributed by atoms with E-state index in [1.165, 1.54) is 6.92 Å². The summed E-state index contributed by atoms with van der Waals surface area (Å²) < 4.78 is 31.0. The van der Waals surface area contributed by atoms with Gasteiger partial charge in [-0.3, -0.25) is 4.79 Å². The number of hydrogen-bond acceptors (Lipinski definition) is 2. The summed E-state index contributed by atoms with van der Waals surface area (Å²) in [5.41, 5.74) is -0.745. The maximum Gasteiger partial charge on any atom is 0.262 e. The standard InChI is InChI=1S/C12H9N3O/c1-9(16)15-11-5-3-10(4-6-11)7-12(8-13)14-2/h3-7H,1H3,(H,15,16)/b12-7-/i3D,4D,5D,6D. The number of nitrogens with zero attached hydrogens (tertiary/aromatic N) is 2. The summed E-state index contributed by atoms with van der Waals surface area (Å²) in [4.78, 5) is 13.9. The van der Waals surface area contributed by atoms with Gasteiger partial charge in [-0.15, -0.1) is 0 Å². The number of hydrogen-bond donors (Lipinski definition) is 1. The molecule has 1 aromatic rings. The summed E-state index contributed by atoms with van der Waals surface area (Å²) in [7, 11) is 0. The van der Waals surface area contributed by atoms with Crippen LogP contribution in [0.5, 0.6) is 0 Å².